The molecular formula is C28H37ClFN2O5S-. The summed E-state index contributed by atoms with van der Waals surface area (Å²) >= 11 is 4.38. The van der Waals surface area contributed by atoms with Crippen LogP contribution in [-0.2, 0) is 27.8 Å². The van der Waals surface area contributed by atoms with Gasteiger partial charge in [-0.25, -0.2) is 4.39 Å². The van der Waals surface area contributed by atoms with Crippen LogP contribution in [0.25, 0.3) is 0 Å². The van der Waals surface area contributed by atoms with Crippen molar-refractivity contribution >= 4 is 34.6 Å². The van der Waals surface area contributed by atoms with Gasteiger partial charge in [-0.15, -0.1) is 0 Å². The fourth-order valence-electron chi connectivity index (χ4n) is 4.87. The van der Waals surface area contributed by atoms with Crippen LogP contribution in [0, 0.1) is 11.7 Å². The minimum Gasteiger partial charge on any atom is -0.773 e. The molecule has 2 aromatic carbocycles. The highest BCUT2D eigenvalue weighted by atomic mass is 35.5. The number of rotatable bonds is 6. The second-order valence-corrected chi connectivity index (χ2v) is 11.6. The van der Waals surface area contributed by atoms with Crippen molar-refractivity contribution in [1.82, 2.24) is 4.90 Å². The molecule has 1 saturated carbocycles. The van der Waals surface area contributed by atoms with Crippen LogP contribution in [0.15, 0.2) is 36.4 Å². The molecule has 7 nitrogen and oxygen atoms in total. The zero-order valence-electron chi connectivity index (χ0n) is 22.3. The van der Waals surface area contributed by atoms with Crippen LogP contribution in [0.1, 0.15) is 79.4 Å². The van der Waals surface area contributed by atoms with Gasteiger partial charge in [0.2, 0.25) is 0 Å². The van der Waals surface area contributed by atoms with Gasteiger partial charge in [0, 0.05) is 24.0 Å². The summed E-state index contributed by atoms with van der Waals surface area (Å²) in [4.78, 5) is 23.1. The fraction of sp³-hybridized carbons (Fsp3) is 0.500. The molecule has 2 atom stereocenters. The Kier molecular flexibility index (Phi) is 11.9. The Hall–Kier alpha value is -2.33. The highest BCUT2D eigenvalue weighted by molar-refractivity contribution is 7.78. The number of hydrogen-bond donors (Lipinski definition) is 2. The predicted molar refractivity (Wildman–Crippen MR) is 148 cm³/mol. The highest BCUT2D eigenvalue weighted by Crippen LogP contribution is 2.43. The van der Waals surface area contributed by atoms with Crippen LogP contribution in [0.5, 0.6) is 0 Å². The van der Waals surface area contributed by atoms with Gasteiger partial charge in [0.05, 0.1) is 5.56 Å². The molecular weight excluding hydrogens is 531 g/mol. The number of halogens is 2. The third kappa shape index (κ3) is 9.76. The van der Waals surface area contributed by atoms with E-state index in [9.17, 15) is 9.18 Å². The van der Waals surface area contributed by atoms with Gasteiger partial charge >= 0.3 is 0 Å². The Balaban J connectivity index is 0.000000559. The molecule has 1 amide bonds. The first-order chi connectivity index (χ1) is 17.7. The first-order valence-corrected chi connectivity index (χ1v) is 14.4. The van der Waals surface area contributed by atoms with Crippen LogP contribution in [-0.4, -0.2) is 50.0 Å². The third-order valence-electron chi connectivity index (χ3n) is 6.86. The number of nitrogens with two attached hydrogens (primary N) is 1. The summed E-state index contributed by atoms with van der Waals surface area (Å²) < 4.78 is 32.5. The van der Waals surface area contributed by atoms with Crippen molar-refractivity contribution < 1.29 is 27.8 Å². The summed E-state index contributed by atoms with van der Waals surface area (Å²) in [7, 11) is 0. The standard InChI is InChI=1S/C25H30ClFN2O.C2H4O2.CH4O2S/c1-25(2,19-6-3-7-20(26)13-19)29-10-4-5-16(15-29)11-18-12-23(27)22(24(28)30)14-21(18)17-8-9-17;1-2(3)4;1-4(2)3/h3,6-7,12-14,16-17H,4-5,8-11,15H2,1-2H3,(H2,28,30);1H3,(H,3,4);1H3,(H,2,3)/p-1/t16-;;/m0../s1. The van der Waals surface area contributed by atoms with Gasteiger partial charge in [0.1, 0.15) is 5.82 Å². The molecule has 1 saturated heterocycles. The Labute approximate surface area is 231 Å². The molecule has 10 heteroatoms. The molecule has 2 fully saturated rings. The average molecular weight is 568 g/mol. The number of carboxylic acid groups (broad SMARTS) is 1. The second-order valence-electron chi connectivity index (χ2n) is 10.3. The summed E-state index contributed by atoms with van der Waals surface area (Å²) in [6.07, 6.45) is 6.38. The lowest BCUT2D eigenvalue weighted by molar-refractivity contribution is -0.134. The number of carbonyl (C=O) groups is 2. The van der Waals surface area contributed by atoms with Crippen LogP contribution in [0.4, 0.5) is 4.39 Å². The van der Waals surface area contributed by atoms with E-state index in [4.69, 9.17) is 36.0 Å². The van der Waals surface area contributed by atoms with Gasteiger partial charge in [-0.2, -0.15) is 0 Å². The molecule has 1 aliphatic heterocycles. The number of primary amides is 1. The van der Waals surface area contributed by atoms with Gasteiger partial charge in [0.15, 0.2) is 0 Å². The van der Waals surface area contributed by atoms with Gasteiger partial charge in [-0.3, -0.25) is 18.7 Å². The van der Waals surface area contributed by atoms with Crippen LogP contribution < -0.4 is 5.73 Å². The quantitative estimate of drug-likeness (QED) is 0.461. The number of amides is 1. The number of benzene rings is 2. The largest absolute Gasteiger partial charge is 0.773 e. The van der Waals surface area contributed by atoms with E-state index in [1.165, 1.54) is 5.56 Å². The van der Waals surface area contributed by atoms with Crippen molar-refractivity contribution in [2.24, 2.45) is 11.7 Å². The first-order valence-electron chi connectivity index (χ1n) is 12.6. The van der Waals surface area contributed by atoms with Crippen molar-refractivity contribution in [2.75, 3.05) is 19.3 Å². The molecule has 1 unspecified atom stereocenters. The SMILES string of the molecule is CC(=O)O.CC(C)(c1cccc(Cl)c1)N1CCC[C@@H](Cc2cc(F)c(C(N)=O)cc2C2CC2)C1.CS(=O)[O-]. The minimum absolute atomic E-state index is 0.0213. The Morgan fingerprint density at radius 3 is 2.37 bits per heavy atom. The molecule has 3 N–H and O–H groups in total. The number of carboxylic acids is 1. The fourth-order valence-corrected chi connectivity index (χ4v) is 5.06. The maximum atomic E-state index is 14.5. The lowest BCUT2D eigenvalue weighted by atomic mass is 9.84. The van der Waals surface area contributed by atoms with E-state index in [0.29, 0.717) is 11.8 Å². The lowest BCUT2D eigenvalue weighted by Gasteiger charge is -2.44. The molecule has 0 aromatic heterocycles. The van der Waals surface area contributed by atoms with Crippen molar-refractivity contribution in [3.63, 3.8) is 0 Å². The van der Waals surface area contributed by atoms with Gasteiger partial charge in [-0.05, 0) is 112 Å². The summed E-state index contributed by atoms with van der Waals surface area (Å²) in [5.41, 5.74) is 8.66. The summed E-state index contributed by atoms with van der Waals surface area (Å²) in [6, 6.07) is 11.4. The second kappa shape index (κ2) is 14.2. The highest BCUT2D eigenvalue weighted by Gasteiger charge is 2.34. The molecule has 2 aliphatic rings. The minimum atomic E-state index is -1.86. The maximum Gasteiger partial charge on any atom is 0.300 e. The summed E-state index contributed by atoms with van der Waals surface area (Å²) in [5, 5.41) is 8.17. The zero-order chi connectivity index (χ0) is 28.6. The molecule has 1 aliphatic carbocycles. The number of hydrogen-bond acceptors (Lipinski definition) is 5. The van der Waals surface area contributed by atoms with E-state index in [1.807, 2.05) is 18.2 Å². The molecule has 38 heavy (non-hydrogen) atoms. The van der Waals surface area contributed by atoms with E-state index < -0.39 is 28.8 Å². The first kappa shape index (κ1) is 31.9. The smallest absolute Gasteiger partial charge is 0.300 e. The average Bonchev–Trinajstić information content (AvgIpc) is 3.64. The molecule has 0 radical (unpaired) electrons. The van der Waals surface area contributed by atoms with E-state index in [1.54, 1.807) is 12.1 Å². The maximum absolute atomic E-state index is 14.5. The molecule has 1 heterocycles. The van der Waals surface area contributed by atoms with Crippen LogP contribution in [0.2, 0.25) is 5.02 Å². The number of aliphatic carboxylic acids is 1. The number of likely N-dealkylation sites (tertiary alicyclic amines) is 1. The number of nitrogens with zero attached hydrogens (tertiary/aromatic N) is 1. The van der Waals surface area contributed by atoms with E-state index in [-0.39, 0.29) is 11.1 Å². The Bertz CT molecular complexity index is 1140. The van der Waals surface area contributed by atoms with Gasteiger partial charge < -0.3 is 15.4 Å². The molecule has 0 bridgehead atoms. The summed E-state index contributed by atoms with van der Waals surface area (Å²) in [5.74, 6) is -1.11. The monoisotopic (exact) mass is 567 g/mol. The van der Waals surface area contributed by atoms with E-state index in [2.05, 4.69) is 24.8 Å². The van der Waals surface area contributed by atoms with Crippen LogP contribution >= 0.6 is 11.6 Å². The Morgan fingerprint density at radius 2 is 1.84 bits per heavy atom. The van der Waals surface area contributed by atoms with E-state index >= 15 is 0 Å². The number of carbonyl (C=O) groups excluding carboxylic acids is 1. The van der Waals surface area contributed by atoms with Gasteiger partial charge in [0.25, 0.3) is 11.9 Å². The van der Waals surface area contributed by atoms with Gasteiger partial charge in [-0.1, -0.05) is 34.8 Å². The topological polar surface area (TPSA) is 124 Å². The normalized spacial score (nSPS) is 18.3. The van der Waals surface area contributed by atoms with Crippen molar-refractivity contribution in [2.45, 2.75) is 64.3 Å². The Morgan fingerprint density at radius 1 is 1.24 bits per heavy atom. The summed E-state index contributed by atoms with van der Waals surface area (Å²) in [6.45, 7) is 7.58. The van der Waals surface area contributed by atoms with E-state index in [0.717, 1.165) is 74.5 Å². The third-order valence-corrected chi connectivity index (χ3v) is 7.10. The number of piperidine rings is 1. The predicted octanol–water partition coefficient (Wildman–Crippen LogP) is 5.23. The van der Waals surface area contributed by atoms with Crippen molar-refractivity contribution in [1.29, 1.82) is 0 Å². The molecule has 2 aromatic rings. The van der Waals surface area contributed by atoms with Crippen LogP contribution in [0.3, 0.4) is 0 Å². The van der Waals surface area contributed by atoms with Crippen molar-refractivity contribution in [3.05, 3.63) is 69.5 Å². The zero-order valence-corrected chi connectivity index (χ0v) is 23.9. The molecule has 4 rings (SSSR count). The van der Waals surface area contributed by atoms with Crippen molar-refractivity contribution in [3.8, 4) is 0 Å². The molecule has 0 spiro atoms. The lowest BCUT2D eigenvalue weighted by Crippen LogP contribution is -2.47. The molecule has 210 valence electrons.